The summed E-state index contributed by atoms with van der Waals surface area (Å²) in [7, 11) is -1.99. The van der Waals surface area contributed by atoms with Crippen molar-refractivity contribution in [2.75, 3.05) is 0 Å². The van der Waals surface area contributed by atoms with Gasteiger partial charge in [0.15, 0.2) is 0 Å². The smallest absolute Gasteiger partial charge is 0.258 e. The van der Waals surface area contributed by atoms with Gasteiger partial charge in [-0.15, -0.1) is 0 Å². The van der Waals surface area contributed by atoms with Gasteiger partial charge < -0.3 is 9.53 Å². The summed E-state index contributed by atoms with van der Waals surface area (Å²) in [6.45, 7) is 17.3. The summed E-state index contributed by atoms with van der Waals surface area (Å²) in [5.74, 6) is 0.854. The Kier molecular flexibility index (Phi) is 5.67. The topological polar surface area (TPSA) is 29.5 Å². The largest absolute Gasteiger partial charge is 0.542 e. The minimum absolute atomic E-state index is 0.521. The van der Waals surface area contributed by atoms with Gasteiger partial charge in [-0.25, -0.2) is 0 Å². The lowest BCUT2D eigenvalue weighted by Gasteiger charge is -2.43. The Morgan fingerprint density at radius 3 is 1.71 bits per heavy atom. The van der Waals surface area contributed by atoms with E-state index < -0.39 is 13.9 Å². The Balaban J connectivity index is 3.35. The standard InChI is InChI=1S/C18H32O2Si/c1-13(2)21(14(3)4,15(5)6)20-17-12-10-9-11-16(17)18(7,8)19/h9-15,19H,1-8H3. The highest BCUT2D eigenvalue weighted by Gasteiger charge is 2.47. The van der Waals surface area contributed by atoms with E-state index in [4.69, 9.17) is 4.43 Å². The lowest BCUT2D eigenvalue weighted by molar-refractivity contribution is 0.0765. The van der Waals surface area contributed by atoms with Crippen LogP contribution in [0.2, 0.25) is 16.6 Å². The Morgan fingerprint density at radius 1 is 0.905 bits per heavy atom. The molecule has 0 amide bonds. The number of aliphatic hydroxyl groups is 1. The van der Waals surface area contributed by atoms with Gasteiger partial charge in [0.1, 0.15) is 5.75 Å². The summed E-state index contributed by atoms with van der Waals surface area (Å²) < 4.78 is 6.72. The fraction of sp³-hybridized carbons (Fsp3) is 0.667. The molecule has 0 aromatic heterocycles. The van der Waals surface area contributed by atoms with Crippen LogP contribution in [0.3, 0.4) is 0 Å². The Morgan fingerprint density at radius 2 is 1.33 bits per heavy atom. The monoisotopic (exact) mass is 308 g/mol. The summed E-state index contributed by atoms with van der Waals surface area (Å²) in [6.07, 6.45) is 0. The lowest BCUT2D eigenvalue weighted by Crippen LogP contribution is -2.51. The van der Waals surface area contributed by atoms with Gasteiger partial charge >= 0.3 is 0 Å². The molecule has 0 atom stereocenters. The molecule has 3 heteroatoms. The Bertz CT molecular complexity index is 437. The molecular formula is C18H32O2Si. The molecule has 0 fully saturated rings. The van der Waals surface area contributed by atoms with Gasteiger partial charge in [-0.1, -0.05) is 59.7 Å². The third-order valence-corrected chi connectivity index (χ3v) is 10.5. The van der Waals surface area contributed by atoms with Crippen LogP contribution in [0.15, 0.2) is 24.3 Å². The predicted octanol–water partition coefficient (Wildman–Crippen LogP) is 5.47. The molecule has 0 saturated carbocycles. The zero-order chi connectivity index (χ0) is 16.4. The van der Waals surface area contributed by atoms with E-state index in [0.717, 1.165) is 11.3 Å². The molecule has 0 saturated heterocycles. The molecule has 1 aromatic rings. The number of benzene rings is 1. The van der Waals surface area contributed by atoms with Crippen molar-refractivity contribution in [3.05, 3.63) is 29.8 Å². The summed E-state index contributed by atoms with van der Waals surface area (Å²) in [4.78, 5) is 0. The van der Waals surface area contributed by atoms with E-state index in [9.17, 15) is 5.11 Å². The van der Waals surface area contributed by atoms with Gasteiger partial charge in [-0.3, -0.25) is 0 Å². The van der Waals surface area contributed by atoms with Crippen LogP contribution in [0.25, 0.3) is 0 Å². The molecule has 0 heterocycles. The van der Waals surface area contributed by atoms with Crippen molar-refractivity contribution >= 4 is 8.32 Å². The quantitative estimate of drug-likeness (QED) is 0.706. The minimum atomic E-state index is -1.99. The van der Waals surface area contributed by atoms with E-state index in [2.05, 4.69) is 41.5 Å². The van der Waals surface area contributed by atoms with E-state index >= 15 is 0 Å². The zero-order valence-electron chi connectivity index (χ0n) is 14.9. The first kappa shape index (κ1) is 18.2. The van der Waals surface area contributed by atoms with Crippen LogP contribution in [0.1, 0.15) is 61.0 Å². The van der Waals surface area contributed by atoms with Gasteiger partial charge in [0.05, 0.1) is 5.60 Å². The van der Waals surface area contributed by atoms with Crippen LogP contribution < -0.4 is 4.43 Å². The van der Waals surface area contributed by atoms with Crippen molar-refractivity contribution in [3.63, 3.8) is 0 Å². The molecule has 0 aliphatic carbocycles. The molecule has 0 radical (unpaired) electrons. The van der Waals surface area contributed by atoms with Gasteiger partial charge in [0.25, 0.3) is 8.32 Å². The molecule has 0 aliphatic rings. The number of rotatable bonds is 6. The number of para-hydroxylation sites is 1. The first-order chi connectivity index (χ1) is 9.53. The fourth-order valence-electron chi connectivity index (χ4n) is 3.61. The molecule has 0 spiro atoms. The molecule has 21 heavy (non-hydrogen) atoms. The van der Waals surface area contributed by atoms with Crippen LogP contribution in [0.4, 0.5) is 0 Å². The molecule has 0 bridgehead atoms. The van der Waals surface area contributed by atoms with E-state index in [1.165, 1.54) is 0 Å². The second-order valence-electron chi connectivity index (χ2n) is 7.47. The van der Waals surface area contributed by atoms with E-state index in [-0.39, 0.29) is 0 Å². The average molecular weight is 309 g/mol. The van der Waals surface area contributed by atoms with Crippen LogP contribution in [0, 0.1) is 0 Å². The SMILES string of the molecule is CC(C)[Si](Oc1ccccc1C(C)(C)O)(C(C)C)C(C)C. The summed E-state index contributed by atoms with van der Waals surface area (Å²) >= 11 is 0. The Labute approximate surface area is 131 Å². The highest BCUT2D eigenvalue weighted by Crippen LogP contribution is 2.44. The molecule has 1 aromatic carbocycles. The van der Waals surface area contributed by atoms with Crippen molar-refractivity contribution in [3.8, 4) is 5.75 Å². The van der Waals surface area contributed by atoms with Crippen molar-refractivity contribution in [1.82, 2.24) is 0 Å². The third kappa shape index (κ3) is 3.70. The van der Waals surface area contributed by atoms with E-state index in [1.807, 2.05) is 38.1 Å². The van der Waals surface area contributed by atoms with Crippen LogP contribution in [-0.4, -0.2) is 13.4 Å². The second-order valence-corrected chi connectivity index (χ2v) is 12.9. The van der Waals surface area contributed by atoms with Crippen molar-refractivity contribution in [2.24, 2.45) is 0 Å². The highest BCUT2D eigenvalue weighted by atomic mass is 28.4. The Hall–Kier alpha value is -0.803. The highest BCUT2D eigenvalue weighted by molar-refractivity contribution is 6.78. The van der Waals surface area contributed by atoms with E-state index in [1.54, 1.807) is 0 Å². The fourth-order valence-corrected chi connectivity index (χ4v) is 8.87. The summed E-state index contributed by atoms with van der Waals surface area (Å²) in [6, 6.07) is 7.92. The van der Waals surface area contributed by atoms with E-state index in [0.29, 0.717) is 16.6 Å². The maximum absolute atomic E-state index is 10.4. The molecule has 1 rings (SSSR count). The predicted molar refractivity (Wildman–Crippen MR) is 93.4 cm³/mol. The first-order valence-electron chi connectivity index (χ1n) is 8.04. The first-order valence-corrected chi connectivity index (χ1v) is 10.2. The molecule has 120 valence electrons. The molecule has 0 unspecified atom stereocenters. The van der Waals surface area contributed by atoms with Gasteiger partial charge in [0, 0.05) is 5.56 Å². The zero-order valence-corrected chi connectivity index (χ0v) is 15.9. The molecule has 1 N–H and O–H groups in total. The average Bonchev–Trinajstić information content (AvgIpc) is 2.33. The van der Waals surface area contributed by atoms with Gasteiger partial charge in [0.2, 0.25) is 0 Å². The molecular weight excluding hydrogens is 276 g/mol. The van der Waals surface area contributed by atoms with Gasteiger partial charge in [-0.05, 0) is 36.5 Å². The third-order valence-electron chi connectivity index (χ3n) is 4.54. The maximum Gasteiger partial charge on any atom is 0.258 e. The van der Waals surface area contributed by atoms with Crippen molar-refractivity contribution in [1.29, 1.82) is 0 Å². The summed E-state index contributed by atoms with van der Waals surface area (Å²) in [5.41, 5.74) is 1.55. The normalized spacial score (nSPS) is 13.3. The molecule has 0 aliphatic heterocycles. The molecule has 2 nitrogen and oxygen atoms in total. The number of hydrogen-bond donors (Lipinski definition) is 1. The summed E-state index contributed by atoms with van der Waals surface area (Å²) in [5, 5.41) is 10.4. The minimum Gasteiger partial charge on any atom is -0.542 e. The van der Waals surface area contributed by atoms with Crippen LogP contribution >= 0.6 is 0 Å². The van der Waals surface area contributed by atoms with Crippen LogP contribution in [-0.2, 0) is 5.60 Å². The maximum atomic E-state index is 10.4. The van der Waals surface area contributed by atoms with Crippen LogP contribution in [0.5, 0.6) is 5.75 Å². The van der Waals surface area contributed by atoms with Crippen molar-refractivity contribution < 1.29 is 9.53 Å². The van der Waals surface area contributed by atoms with Crippen molar-refractivity contribution in [2.45, 2.75) is 77.6 Å². The van der Waals surface area contributed by atoms with Gasteiger partial charge in [-0.2, -0.15) is 0 Å². The second kappa shape index (κ2) is 6.53. The lowest BCUT2D eigenvalue weighted by atomic mass is 9.98. The number of hydrogen-bond acceptors (Lipinski definition) is 2.